The lowest BCUT2D eigenvalue weighted by Crippen LogP contribution is -2.49. The van der Waals surface area contributed by atoms with Gasteiger partial charge in [0.05, 0.1) is 31.7 Å². The lowest BCUT2D eigenvalue weighted by molar-refractivity contribution is -0.145. The number of hydrogen-bond acceptors (Lipinski definition) is 8. The molecule has 41 heavy (non-hydrogen) atoms. The van der Waals surface area contributed by atoms with Crippen molar-refractivity contribution >= 4 is 17.8 Å². The number of nitrogens with one attached hydrogen (secondary N) is 1. The van der Waals surface area contributed by atoms with E-state index in [2.05, 4.69) is 15.3 Å². The Balaban J connectivity index is 1.39. The number of fused-ring (bicyclic) bond motifs is 2. The number of hydrogen-bond donors (Lipinski definition) is 2. The Morgan fingerprint density at radius 1 is 1.07 bits per heavy atom. The minimum atomic E-state index is -1.33. The van der Waals surface area contributed by atoms with E-state index in [-0.39, 0.29) is 30.1 Å². The van der Waals surface area contributed by atoms with Gasteiger partial charge in [0.25, 0.3) is 0 Å². The van der Waals surface area contributed by atoms with Crippen LogP contribution in [0.2, 0.25) is 0 Å². The van der Waals surface area contributed by atoms with Gasteiger partial charge in [-0.3, -0.25) is 9.59 Å². The van der Waals surface area contributed by atoms with Crippen LogP contribution in [0.15, 0.2) is 42.5 Å². The number of methoxy groups -OCH3 is 2. The van der Waals surface area contributed by atoms with Crippen LogP contribution in [0, 0.1) is 17.8 Å². The third-order valence-electron chi connectivity index (χ3n) is 8.31. The van der Waals surface area contributed by atoms with Crippen molar-refractivity contribution in [1.29, 1.82) is 0 Å². The standard InChI is InChI=1S/C30H36N4O7/c1-34-13-7-5-4-6-8-19-17-30(19,28(37)38)33-26(35)22-14-21(15-23(22)27(34)36)41-25-16-24(31-29(32-25)40-3)18-9-11-20(39-2)12-10-18/h6,8-12,16,19,21-23H,4-5,7,13-15,17H2,1-3H3,(H,33,35)(H,37,38)/b8-6+. The topological polar surface area (TPSA) is 140 Å². The summed E-state index contributed by atoms with van der Waals surface area (Å²) in [6.07, 6.45) is 6.77. The van der Waals surface area contributed by atoms with E-state index in [9.17, 15) is 19.5 Å². The summed E-state index contributed by atoms with van der Waals surface area (Å²) in [6, 6.07) is 9.18. The predicted octanol–water partition coefficient (Wildman–Crippen LogP) is 3.09. The SMILES string of the molecule is COc1ccc(-c2cc(OC3CC4C(=O)NC5(C(=O)O)CC5/C=C/CCCCN(C)C(=O)C4C3)nc(OC)n2)cc1. The molecule has 11 nitrogen and oxygen atoms in total. The third kappa shape index (κ3) is 5.98. The molecule has 218 valence electrons. The predicted molar refractivity (Wildman–Crippen MR) is 148 cm³/mol. The molecule has 2 fully saturated rings. The molecule has 0 radical (unpaired) electrons. The van der Waals surface area contributed by atoms with Crippen molar-refractivity contribution in [1.82, 2.24) is 20.2 Å². The van der Waals surface area contributed by atoms with Crippen LogP contribution < -0.4 is 19.5 Å². The minimum absolute atomic E-state index is 0.120. The molecule has 3 aliphatic rings. The summed E-state index contributed by atoms with van der Waals surface area (Å²) in [5.41, 5.74) is 0.0543. The highest BCUT2D eigenvalue weighted by molar-refractivity contribution is 5.94. The van der Waals surface area contributed by atoms with Crippen molar-refractivity contribution in [2.75, 3.05) is 27.8 Å². The van der Waals surface area contributed by atoms with Gasteiger partial charge in [0.15, 0.2) is 0 Å². The Kier molecular flexibility index (Phi) is 8.14. The second kappa shape index (κ2) is 11.8. The molecule has 2 aromatic rings. The fourth-order valence-electron chi connectivity index (χ4n) is 5.83. The maximum Gasteiger partial charge on any atom is 0.330 e. The van der Waals surface area contributed by atoms with Crippen LogP contribution in [0.3, 0.4) is 0 Å². The van der Waals surface area contributed by atoms with Crippen molar-refractivity contribution in [2.45, 2.75) is 50.2 Å². The first kappa shape index (κ1) is 28.4. The second-order valence-corrected chi connectivity index (χ2v) is 11.0. The van der Waals surface area contributed by atoms with Gasteiger partial charge >= 0.3 is 12.0 Å². The molecule has 2 saturated carbocycles. The molecule has 0 saturated heterocycles. The average Bonchev–Trinajstić information content (AvgIpc) is 3.51. The number of aliphatic carboxylic acids is 1. The maximum absolute atomic E-state index is 13.6. The maximum atomic E-state index is 13.6. The second-order valence-electron chi connectivity index (χ2n) is 11.0. The number of aromatic nitrogens is 2. The van der Waals surface area contributed by atoms with E-state index in [1.165, 1.54) is 7.11 Å². The molecule has 2 heterocycles. The van der Waals surface area contributed by atoms with Gasteiger partial charge in [-0.1, -0.05) is 12.2 Å². The van der Waals surface area contributed by atoms with Crippen molar-refractivity contribution in [3.63, 3.8) is 0 Å². The zero-order valence-electron chi connectivity index (χ0n) is 23.5. The quantitative estimate of drug-likeness (QED) is 0.507. The van der Waals surface area contributed by atoms with Crippen LogP contribution in [0.4, 0.5) is 0 Å². The molecule has 5 rings (SSSR count). The number of carbonyl (C=O) groups excluding carboxylic acids is 2. The summed E-state index contributed by atoms with van der Waals surface area (Å²) < 4.78 is 16.8. The Bertz CT molecular complexity index is 1330. The zero-order chi connectivity index (χ0) is 29.1. The van der Waals surface area contributed by atoms with Crippen molar-refractivity contribution in [3.05, 3.63) is 42.5 Å². The van der Waals surface area contributed by atoms with Gasteiger partial charge < -0.3 is 29.5 Å². The molecule has 11 heteroatoms. The Hall–Kier alpha value is -4.15. The summed E-state index contributed by atoms with van der Waals surface area (Å²) in [5, 5.41) is 12.8. The van der Waals surface area contributed by atoms with Gasteiger partial charge in [-0.2, -0.15) is 9.97 Å². The van der Waals surface area contributed by atoms with Crippen LogP contribution in [0.25, 0.3) is 11.3 Å². The molecule has 1 aromatic carbocycles. The van der Waals surface area contributed by atoms with Crippen molar-refractivity contribution in [2.24, 2.45) is 17.8 Å². The molecule has 5 unspecified atom stereocenters. The number of benzene rings is 1. The van der Waals surface area contributed by atoms with Gasteiger partial charge in [0.1, 0.15) is 17.4 Å². The highest BCUT2D eigenvalue weighted by atomic mass is 16.5. The van der Waals surface area contributed by atoms with Gasteiger partial charge in [-0.05, 0) is 62.8 Å². The van der Waals surface area contributed by atoms with E-state index in [4.69, 9.17) is 14.2 Å². The first-order chi connectivity index (χ1) is 19.7. The molecular formula is C30H36N4O7. The summed E-state index contributed by atoms with van der Waals surface area (Å²) in [4.78, 5) is 49.8. The van der Waals surface area contributed by atoms with E-state index in [0.717, 1.165) is 24.8 Å². The van der Waals surface area contributed by atoms with E-state index in [1.807, 2.05) is 36.4 Å². The summed E-state index contributed by atoms with van der Waals surface area (Å²) in [6.45, 7) is 0.583. The smallest absolute Gasteiger partial charge is 0.330 e. The van der Waals surface area contributed by atoms with Gasteiger partial charge in [0, 0.05) is 31.1 Å². The van der Waals surface area contributed by atoms with E-state index in [0.29, 0.717) is 30.8 Å². The van der Waals surface area contributed by atoms with Crippen LogP contribution in [-0.4, -0.2) is 77.2 Å². The number of carbonyl (C=O) groups is 3. The van der Waals surface area contributed by atoms with Gasteiger partial charge in [-0.15, -0.1) is 0 Å². The fraction of sp³-hybridized carbons (Fsp3) is 0.500. The summed E-state index contributed by atoms with van der Waals surface area (Å²) in [5.74, 6) is -2.30. The Labute approximate surface area is 238 Å². The number of amides is 2. The molecule has 1 aliphatic heterocycles. The summed E-state index contributed by atoms with van der Waals surface area (Å²) >= 11 is 0. The van der Waals surface area contributed by atoms with Crippen LogP contribution in [0.5, 0.6) is 17.6 Å². The van der Waals surface area contributed by atoms with Crippen molar-refractivity contribution < 1.29 is 33.7 Å². The third-order valence-corrected chi connectivity index (χ3v) is 8.31. The number of nitrogens with zero attached hydrogens (tertiary/aromatic N) is 3. The van der Waals surface area contributed by atoms with Gasteiger partial charge in [-0.25, -0.2) is 4.79 Å². The number of carboxylic acids is 1. The first-order valence-corrected chi connectivity index (χ1v) is 13.9. The molecule has 0 spiro atoms. The normalized spacial score (nSPS) is 28.9. The van der Waals surface area contributed by atoms with E-state index < -0.39 is 35.4 Å². The number of carboxylic acid groups (broad SMARTS) is 1. The average molecular weight is 565 g/mol. The molecule has 5 atom stereocenters. The summed E-state index contributed by atoms with van der Waals surface area (Å²) in [7, 11) is 4.81. The van der Waals surface area contributed by atoms with Crippen molar-refractivity contribution in [3.8, 4) is 28.9 Å². The first-order valence-electron chi connectivity index (χ1n) is 13.9. The monoisotopic (exact) mass is 564 g/mol. The van der Waals surface area contributed by atoms with E-state index in [1.54, 1.807) is 25.1 Å². The largest absolute Gasteiger partial charge is 0.497 e. The Morgan fingerprint density at radius 2 is 1.83 bits per heavy atom. The molecule has 0 bridgehead atoms. The lowest BCUT2D eigenvalue weighted by atomic mass is 9.93. The minimum Gasteiger partial charge on any atom is -0.497 e. The van der Waals surface area contributed by atoms with E-state index >= 15 is 0 Å². The lowest BCUT2D eigenvalue weighted by Gasteiger charge is -2.26. The highest BCUT2D eigenvalue weighted by Gasteiger charge is 2.61. The van der Waals surface area contributed by atoms with Crippen LogP contribution in [0.1, 0.15) is 38.5 Å². The van der Waals surface area contributed by atoms with Crippen LogP contribution >= 0.6 is 0 Å². The molecule has 2 aliphatic carbocycles. The molecule has 2 amide bonds. The van der Waals surface area contributed by atoms with Crippen LogP contribution in [-0.2, 0) is 14.4 Å². The Morgan fingerprint density at radius 3 is 2.54 bits per heavy atom. The number of ether oxygens (including phenoxy) is 3. The number of allylic oxidation sites excluding steroid dienone is 1. The number of rotatable bonds is 6. The molecule has 1 aromatic heterocycles. The fourth-order valence-corrected chi connectivity index (χ4v) is 5.83. The molecular weight excluding hydrogens is 528 g/mol. The zero-order valence-corrected chi connectivity index (χ0v) is 23.5. The molecule has 2 N–H and O–H groups in total. The van der Waals surface area contributed by atoms with Gasteiger partial charge in [0.2, 0.25) is 17.7 Å². The highest BCUT2D eigenvalue weighted by Crippen LogP contribution is 2.46.